The number of halogens is 1. The average Bonchev–Trinajstić information content (AvgIpc) is 2.32. The van der Waals surface area contributed by atoms with Crippen LogP contribution >= 0.6 is 0 Å². The first-order valence-electron chi connectivity index (χ1n) is 5.81. The van der Waals surface area contributed by atoms with Gasteiger partial charge in [0.2, 0.25) is 0 Å². The number of nitrogens with zero attached hydrogens (tertiary/aromatic N) is 1. The summed E-state index contributed by atoms with van der Waals surface area (Å²) < 4.78 is 24.1. The second-order valence-electron chi connectivity index (χ2n) is 4.13. The van der Waals surface area contributed by atoms with E-state index in [1.54, 1.807) is 6.07 Å². The molecule has 0 unspecified atom stereocenters. The van der Waals surface area contributed by atoms with Crippen LogP contribution in [0.4, 0.5) is 10.1 Å². The minimum atomic E-state index is -0.617. The molecule has 5 heteroatoms. The summed E-state index contributed by atoms with van der Waals surface area (Å²) >= 11 is 0. The summed E-state index contributed by atoms with van der Waals surface area (Å²) in [5, 5.41) is 3.19. The van der Waals surface area contributed by atoms with Crippen LogP contribution in [-0.4, -0.2) is 46.8 Å². The molecule has 0 bridgehead atoms. The van der Waals surface area contributed by atoms with E-state index in [0.29, 0.717) is 0 Å². The monoisotopic (exact) mass is 256 g/mol. The highest BCUT2D eigenvalue weighted by Crippen LogP contribution is 2.08. The molecule has 3 nitrogen and oxygen atoms in total. The Labute approximate surface area is 103 Å². The average molecular weight is 256 g/mol. The lowest BCUT2D eigenvalue weighted by molar-refractivity contribution is 0.311. The second-order valence-corrected chi connectivity index (χ2v) is 5.82. The van der Waals surface area contributed by atoms with E-state index < -0.39 is 10.8 Å². The standard InChI is InChI=1S/C12H17FN2OS/c13-11-2-1-3-12(10-11)14-4-5-15-6-8-17(16)9-7-15/h1-3,10,14H,4-9H2. The molecule has 1 aromatic rings. The molecule has 0 aromatic heterocycles. The van der Waals surface area contributed by atoms with E-state index in [4.69, 9.17) is 0 Å². The molecule has 1 aliphatic rings. The molecule has 0 amide bonds. The number of hydrogen-bond donors (Lipinski definition) is 1. The van der Waals surface area contributed by atoms with Gasteiger partial charge in [0.25, 0.3) is 0 Å². The Balaban J connectivity index is 1.71. The number of hydrogen-bond acceptors (Lipinski definition) is 3. The van der Waals surface area contributed by atoms with Crippen LogP contribution < -0.4 is 5.32 Å². The number of nitrogens with one attached hydrogen (secondary N) is 1. The largest absolute Gasteiger partial charge is 0.384 e. The van der Waals surface area contributed by atoms with Gasteiger partial charge in [0, 0.05) is 54.2 Å². The highest BCUT2D eigenvalue weighted by Gasteiger charge is 2.13. The van der Waals surface area contributed by atoms with Crippen molar-refractivity contribution in [2.45, 2.75) is 0 Å². The Morgan fingerprint density at radius 1 is 1.35 bits per heavy atom. The molecule has 1 fully saturated rings. The molecule has 2 rings (SSSR count). The van der Waals surface area contributed by atoms with Crippen LogP contribution in [0.1, 0.15) is 0 Å². The van der Waals surface area contributed by atoms with Crippen molar-refractivity contribution < 1.29 is 8.60 Å². The lowest BCUT2D eigenvalue weighted by Gasteiger charge is -2.26. The molecule has 1 N–H and O–H groups in total. The van der Waals surface area contributed by atoms with Gasteiger partial charge in [-0.2, -0.15) is 0 Å². The van der Waals surface area contributed by atoms with Crippen LogP contribution in [0.3, 0.4) is 0 Å². The molecule has 94 valence electrons. The predicted octanol–water partition coefficient (Wildman–Crippen LogP) is 1.30. The number of rotatable bonds is 4. The van der Waals surface area contributed by atoms with Crippen molar-refractivity contribution in [1.29, 1.82) is 0 Å². The van der Waals surface area contributed by atoms with Gasteiger partial charge in [-0.1, -0.05) is 6.07 Å². The minimum absolute atomic E-state index is 0.219. The fourth-order valence-electron chi connectivity index (χ4n) is 1.86. The topological polar surface area (TPSA) is 32.3 Å². The van der Waals surface area contributed by atoms with Crippen LogP contribution in [0.15, 0.2) is 24.3 Å². The van der Waals surface area contributed by atoms with E-state index in [2.05, 4.69) is 10.2 Å². The van der Waals surface area contributed by atoms with Gasteiger partial charge in [-0.05, 0) is 18.2 Å². The van der Waals surface area contributed by atoms with Crippen molar-refractivity contribution in [2.24, 2.45) is 0 Å². The van der Waals surface area contributed by atoms with E-state index in [1.165, 1.54) is 12.1 Å². The molecule has 0 radical (unpaired) electrons. The predicted molar refractivity (Wildman–Crippen MR) is 69.2 cm³/mol. The molecular formula is C12H17FN2OS. The third-order valence-electron chi connectivity index (χ3n) is 2.85. The van der Waals surface area contributed by atoms with Gasteiger partial charge < -0.3 is 5.32 Å². The third kappa shape index (κ3) is 4.09. The van der Waals surface area contributed by atoms with Crippen molar-refractivity contribution in [3.63, 3.8) is 0 Å². The van der Waals surface area contributed by atoms with E-state index in [9.17, 15) is 8.60 Å². The van der Waals surface area contributed by atoms with Gasteiger partial charge in [-0.25, -0.2) is 4.39 Å². The van der Waals surface area contributed by atoms with Crippen molar-refractivity contribution in [3.8, 4) is 0 Å². The quantitative estimate of drug-likeness (QED) is 0.881. The van der Waals surface area contributed by atoms with E-state index in [1.807, 2.05) is 6.07 Å². The first-order valence-corrected chi connectivity index (χ1v) is 7.29. The summed E-state index contributed by atoms with van der Waals surface area (Å²) in [7, 11) is -0.617. The van der Waals surface area contributed by atoms with E-state index in [0.717, 1.165) is 43.4 Å². The molecule has 0 aliphatic carbocycles. The first kappa shape index (κ1) is 12.5. The molecule has 17 heavy (non-hydrogen) atoms. The van der Waals surface area contributed by atoms with Gasteiger partial charge in [0.05, 0.1) is 0 Å². The zero-order chi connectivity index (χ0) is 12.1. The summed E-state index contributed by atoms with van der Waals surface area (Å²) in [6.07, 6.45) is 0. The lowest BCUT2D eigenvalue weighted by Crippen LogP contribution is -2.40. The highest BCUT2D eigenvalue weighted by molar-refractivity contribution is 7.85. The fourth-order valence-corrected chi connectivity index (χ4v) is 2.98. The van der Waals surface area contributed by atoms with E-state index in [-0.39, 0.29) is 5.82 Å². The molecule has 1 saturated heterocycles. The maximum atomic E-state index is 12.9. The molecule has 0 spiro atoms. The Kier molecular flexibility index (Phi) is 4.50. The number of anilines is 1. The smallest absolute Gasteiger partial charge is 0.125 e. The van der Waals surface area contributed by atoms with Gasteiger partial charge >= 0.3 is 0 Å². The Hall–Kier alpha value is -0.940. The third-order valence-corrected chi connectivity index (χ3v) is 4.13. The molecule has 1 aromatic carbocycles. The summed E-state index contributed by atoms with van der Waals surface area (Å²) in [4.78, 5) is 2.29. The van der Waals surface area contributed by atoms with Gasteiger partial charge in [-0.3, -0.25) is 9.11 Å². The van der Waals surface area contributed by atoms with Crippen LogP contribution in [-0.2, 0) is 10.8 Å². The van der Waals surface area contributed by atoms with Crippen molar-refractivity contribution in [2.75, 3.05) is 43.0 Å². The fraction of sp³-hybridized carbons (Fsp3) is 0.500. The zero-order valence-corrected chi connectivity index (χ0v) is 10.5. The molecule has 1 heterocycles. The van der Waals surface area contributed by atoms with Gasteiger partial charge in [-0.15, -0.1) is 0 Å². The Morgan fingerprint density at radius 2 is 2.12 bits per heavy atom. The van der Waals surface area contributed by atoms with Crippen molar-refractivity contribution in [1.82, 2.24) is 4.90 Å². The molecule has 1 aliphatic heterocycles. The maximum Gasteiger partial charge on any atom is 0.125 e. The zero-order valence-electron chi connectivity index (χ0n) is 9.69. The Bertz CT molecular complexity index is 390. The Morgan fingerprint density at radius 3 is 2.82 bits per heavy atom. The SMILES string of the molecule is O=S1CCN(CCNc2cccc(F)c2)CC1. The van der Waals surface area contributed by atoms with Gasteiger partial charge in [0.15, 0.2) is 0 Å². The number of benzene rings is 1. The van der Waals surface area contributed by atoms with Crippen LogP contribution in [0.25, 0.3) is 0 Å². The lowest BCUT2D eigenvalue weighted by atomic mass is 10.3. The minimum Gasteiger partial charge on any atom is -0.384 e. The van der Waals surface area contributed by atoms with Crippen molar-refractivity contribution >= 4 is 16.5 Å². The summed E-state index contributed by atoms with van der Waals surface area (Å²) in [5.74, 6) is 1.34. The first-order chi connectivity index (χ1) is 8.24. The van der Waals surface area contributed by atoms with Gasteiger partial charge in [0.1, 0.15) is 5.82 Å². The second kappa shape index (κ2) is 6.12. The molecule has 0 atom stereocenters. The van der Waals surface area contributed by atoms with E-state index >= 15 is 0 Å². The normalized spacial score (nSPS) is 18.2. The maximum absolute atomic E-state index is 12.9. The summed E-state index contributed by atoms with van der Waals surface area (Å²) in [6.45, 7) is 3.50. The highest BCUT2D eigenvalue weighted by atomic mass is 32.2. The van der Waals surface area contributed by atoms with Crippen LogP contribution in [0.2, 0.25) is 0 Å². The summed E-state index contributed by atoms with van der Waals surface area (Å²) in [6, 6.07) is 6.48. The van der Waals surface area contributed by atoms with Crippen LogP contribution in [0.5, 0.6) is 0 Å². The van der Waals surface area contributed by atoms with Crippen LogP contribution in [0, 0.1) is 5.82 Å². The molecule has 0 saturated carbocycles. The molecular weight excluding hydrogens is 239 g/mol. The van der Waals surface area contributed by atoms with Crippen molar-refractivity contribution in [3.05, 3.63) is 30.1 Å². The summed E-state index contributed by atoms with van der Waals surface area (Å²) in [5.41, 5.74) is 0.811.